The third kappa shape index (κ3) is 43.4. The van der Waals surface area contributed by atoms with Gasteiger partial charge in [-0.1, -0.05) is 212 Å². The number of ether oxygens (including phenoxy) is 2. The Hall–Kier alpha value is -1.29. The number of aliphatic hydroxyl groups is 2. The Kier molecular flexibility index (Phi) is 44.7. The van der Waals surface area contributed by atoms with Crippen LogP contribution in [0.25, 0.3) is 0 Å². The van der Waals surface area contributed by atoms with E-state index in [1.165, 1.54) is 154 Å². The summed E-state index contributed by atoms with van der Waals surface area (Å²) >= 11 is 0. The predicted molar refractivity (Wildman–Crippen MR) is 247 cm³/mol. The molecule has 0 spiro atoms. The monoisotopic (exact) mass is 875 g/mol. The molecule has 0 fully saturated rings. The third-order valence-electron chi connectivity index (χ3n) is 11.2. The van der Waals surface area contributed by atoms with E-state index in [2.05, 4.69) is 26.0 Å². The lowest BCUT2D eigenvalue weighted by atomic mass is 10.0. The maximum atomic E-state index is 12.4. The zero-order valence-electron chi connectivity index (χ0n) is 38.9. The molecule has 0 aromatic carbocycles. The highest BCUT2D eigenvalue weighted by Crippen LogP contribution is 2.43. The van der Waals surface area contributed by atoms with Gasteiger partial charge in [0.25, 0.3) is 0 Å². The first-order chi connectivity index (χ1) is 29.3. The Balaban J connectivity index is 3.79. The van der Waals surface area contributed by atoms with Gasteiger partial charge in [-0.25, -0.2) is 4.57 Å². The zero-order chi connectivity index (χ0) is 44.0. The van der Waals surface area contributed by atoms with Gasteiger partial charge in [-0.15, -0.1) is 0 Å². The number of hydrogen-bond acceptors (Lipinski definition) is 9. The van der Waals surface area contributed by atoms with Crippen molar-refractivity contribution in [2.45, 2.75) is 264 Å². The van der Waals surface area contributed by atoms with Crippen molar-refractivity contribution >= 4 is 19.8 Å². The van der Waals surface area contributed by atoms with Gasteiger partial charge in [-0.2, -0.15) is 0 Å². The minimum absolute atomic E-state index is 0.185. The number of aliphatic hydroxyl groups excluding tert-OH is 2. The minimum atomic E-state index is -4.64. The quantitative estimate of drug-likeness (QED) is 0.0233. The molecule has 0 rings (SSSR count). The summed E-state index contributed by atoms with van der Waals surface area (Å²) in [7, 11) is -4.64. The van der Waals surface area contributed by atoms with Gasteiger partial charge in [-0.05, 0) is 38.5 Å². The minimum Gasteiger partial charge on any atom is -0.457 e. The van der Waals surface area contributed by atoms with Crippen LogP contribution < -0.4 is 0 Å². The molecule has 11 heteroatoms. The summed E-state index contributed by atoms with van der Waals surface area (Å²) in [6.45, 7) is 2.24. The van der Waals surface area contributed by atoms with E-state index in [1.807, 2.05) is 0 Å². The average molecular weight is 875 g/mol. The van der Waals surface area contributed by atoms with E-state index in [-0.39, 0.29) is 12.8 Å². The van der Waals surface area contributed by atoms with Crippen molar-refractivity contribution < 1.29 is 47.8 Å². The lowest BCUT2D eigenvalue weighted by molar-refractivity contribution is -0.153. The molecule has 10 nitrogen and oxygen atoms in total. The molecule has 3 N–H and O–H groups in total. The van der Waals surface area contributed by atoms with Crippen LogP contribution in [0.3, 0.4) is 0 Å². The molecular weight excluding hydrogens is 780 g/mol. The van der Waals surface area contributed by atoms with E-state index in [9.17, 15) is 29.3 Å². The van der Waals surface area contributed by atoms with Crippen LogP contribution in [-0.4, -0.2) is 65.7 Å². The van der Waals surface area contributed by atoms with Gasteiger partial charge >= 0.3 is 19.8 Å². The number of unbranched alkanes of at least 4 members (excludes halogenated alkanes) is 32. The zero-order valence-corrected chi connectivity index (χ0v) is 39.8. The number of esters is 2. The lowest BCUT2D eigenvalue weighted by Gasteiger charge is -2.20. The summed E-state index contributed by atoms with van der Waals surface area (Å²) in [5.41, 5.74) is 0. The summed E-state index contributed by atoms with van der Waals surface area (Å²) in [5, 5.41) is 19.2. The van der Waals surface area contributed by atoms with Crippen LogP contribution in [-0.2, 0) is 32.7 Å². The molecule has 0 aliphatic carbocycles. The second-order valence-electron chi connectivity index (χ2n) is 17.2. The molecule has 3 atom stereocenters. The van der Waals surface area contributed by atoms with Crippen LogP contribution in [0.5, 0.6) is 0 Å². The fraction of sp³-hybridized carbons (Fsp3) is 0.918. The normalized spacial score (nSPS) is 13.8. The number of hydrogen-bond donors (Lipinski definition) is 3. The Morgan fingerprint density at radius 1 is 0.433 bits per heavy atom. The molecule has 0 aliphatic heterocycles. The predicted octanol–water partition coefficient (Wildman–Crippen LogP) is 14.0. The third-order valence-corrected chi connectivity index (χ3v) is 12.2. The summed E-state index contributed by atoms with van der Waals surface area (Å²) in [5.74, 6) is -1.01. The van der Waals surface area contributed by atoms with Crippen molar-refractivity contribution in [3.05, 3.63) is 12.2 Å². The first kappa shape index (κ1) is 58.7. The average Bonchev–Trinajstić information content (AvgIpc) is 3.24. The molecule has 0 aliphatic rings. The molecule has 0 radical (unpaired) electrons. The van der Waals surface area contributed by atoms with Gasteiger partial charge in [0.2, 0.25) is 0 Å². The van der Waals surface area contributed by atoms with Crippen molar-refractivity contribution in [2.24, 2.45) is 0 Å². The Bertz CT molecular complexity index is 1010. The highest BCUT2D eigenvalue weighted by Gasteiger charge is 2.27. The van der Waals surface area contributed by atoms with Crippen LogP contribution in [0.1, 0.15) is 251 Å². The summed E-state index contributed by atoms with van der Waals surface area (Å²) in [4.78, 5) is 34.6. The van der Waals surface area contributed by atoms with Crippen molar-refractivity contribution in [3.8, 4) is 0 Å². The summed E-state index contributed by atoms with van der Waals surface area (Å²) in [6, 6.07) is 0. The van der Waals surface area contributed by atoms with E-state index >= 15 is 0 Å². The number of phosphoric acid groups is 1. The van der Waals surface area contributed by atoms with E-state index in [1.54, 1.807) is 0 Å². The molecule has 0 saturated carbocycles. The van der Waals surface area contributed by atoms with Gasteiger partial charge in [0.15, 0.2) is 0 Å². The first-order valence-electron chi connectivity index (χ1n) is 25.1. The topological polar surface area (TPSA) is 149 Å². The van der Waals surface area contributed by atoms with Crippen molar-refractivity contribution in [2.75, 3.05) is 26.4 Å². The van der Waals surface area contributed by atoms with Gasteiger partial charge < -0.3 is 24.6 Å². The Morgan fingerprint density at radius 3 is 0.950 bits per heavy atom. The smallest absolute Gasteiger partial charge is 0.457 e. The van der Waals surface area contributed by atoms with Crippen LogP contribution in [0.4, 0.5) is 0 Å². The Morgan fingerprint density at radius 2 is 0.683 bits per heavy atom. The molecular formula is C49H95O10P. The number of rotatable bonds is 48. The Labute approximate surface area is 368 Å². The number of carbonyl (C=O) groups is 2. The fourth-order valence-electron chi connectivity index (χ4n) is 7.35. The SMILES string of the molecule is CCCCCCC/C=C\CCCCCCCC(=O)OC(CO)COP(=O)(O)OCC(CO)OC(=O)CCCCCCCCCCCCCCCCCCCCCCCCC. The highest BCUT2D eigenvalue weighted by atomic mass is 31.2. The van der Waals surface area contributed by atoms with Crippen molar-refractivity contribution in [1.82, 2.24) is 0 Å². The standard InChI is InChI=1S/C49H95O10P/c1-3-5-7-9-11-13-15-17-19-20-21-22-23-24-25-26-27-29-31-33-35-37-39-41-49(53)59-47(43-51)45-57-60(54,55)56-44-46(42-50)58-48(52)40-38-36-34-32-30-28-18-16-14-12-10-8-6-4-2/h16,18,46-47,50-51H,3-15,17,19-45H2,1-2H3,(H,54,55)/b18-16-. The lowest BCUT2D eigenvalue weighted by Crippen LogP contribution is -2.28. The highest BCUT2D eigenvalue weighted by molar-refractivity contribution is 7.47. The van der Waals surface area contributed by atoms with E-state index in [0.717, 1.165) is 57.8 Å². The first-order valence-corrected chi connectivity index (χ1v) is 26.6. The van der Waals surface area contributed by atoms with Crippen LogP contribution in [0.15, 0.2) is 12.2 Å². The van der Waals surface area contributed by atoms with Gasteiger partial charge in [0.1, 0.15) is 12.2 Å². The van der Waals surface area contributed by atoms with E-state index in [4.69, 9.17) is 18.5 Å². The van der Waals surface area contributed by atoms with Crippen molar-refractivity contribution in [1.29, 1.82) is 0 Å². The van der Waals surface area contributed by atoms with Gasteiger partial charge in [-0.3, -0.25) is 18.6 Å². The van der Waals surface area contributed by atoms with Gasteiger partial charge in [0.05, 0.1) is 26.4 Å². The molecule has 356 valence electrons. The summed E-state index contributed by atoms with van der Waals surface area (Å²) < 4.78 is 32.7. The number of carbonyl (C=O) groups excluding carboxylic acids is 2. The number of phosphoric ester groups is 1. The van der Waals surface area contributed by atoms with E-state index < -0.39 is 58.4 Å². The van der Waals surface area contributed by atoms with Crippen LogP contribution >= 0.6 is 7.82 Å². The molecule has 0 heterocycles. The molecule has 60 heavy (non-hydrogen) atoms. The molecule has 0 aromatic rings. The molecule has 0 aromatic heterocycles. The molecule has 0 saturated heterocycles. The number of allylic oxidation sites excluding steroid dienone is 2. The van der Waals surface area contributed by atoms with Crippen LogP contribution in [0, 0.1) is 0 Å². The van der Waals surface area contributed by atoms with Crippen LogP contribution in [0.2, 0.25) is 0 Å². The maximum Gasteiger partial charge on any atom is 0.472 e. The maximum absolute atomic E-state index is 12.4. The second-order valence-corrected chi connectivity index (χ2v) is 18.6. The fourth-order valence-corrected chi connectivity index (χ4v) is 8.13. The van der Waals surface area contributed by atoms with Crippen molar-refractivity contribution in [3.63, 3.8) is 0 Å². The molecule has 3 unspecified atom stereocenters. The molecule has 0 amide bonds. The molecule has 0 bridgehead atoms. The summed E-state index contributed by atoms with van der Waals surface area (Å²) in [6.07, 6.45) is 46.2. The van der Waals surface area contributed by atoms with Gasteiger partial charge in [0, 0.05) is 12.8 Å². The van der Waals surface area contributed by atoms with E-state index in [0.29, 0.717) is 12.8 Å². The largest absolute Gasteiger partial charge is 0.472 e. The second kappa shape index (κ2) is 45.7.